The number of carbonyl (C=O) groups is 1. The predicted octanol–water partition coefficient (Wildman–Crippen LogP) is 2.88. The summed E-state index contributed by atoms with van der Waals surface area (Å²) in [6.45, 7) is 1.87. The minimum Gasteiger partial charge on any atom is -0.497 e. The third-order valence-electron chi connectivity index (χ3n) is 3.59. The SMILES string of the molecule is COc1ccc2cc([C@H](C)C(=O)n3cncn3)ccc2c1. The van der Waals surface area contributed by atoms with Crippen LogP contribution >= 0.6 is 0 Å². The molecule has 3 rings (SSSR count). The van der Waals surface area contributed by atoms with Crippen molar-refractivity contribution in [2.24, 2.45) is 0 Å². The molecule has 0 fully saturated rings. The first-order chi connectivity index (χ1) is 10.2. The molecule has 1 aromatic heterocycles. The third kappa shape index (κ3) is 2.50. The summed E-state index contributed by atoms with van der Waals surface area (Å²) in [5.41, 5.74) is 0.952. The lowest BCUT2D eigenvalue weighted by Crippen LogP contribution is -2.18. The normalized spacial score (nSPS) is 12.3. The number of ether oxygens (including phenoxy) is 1. The van der Waals surface area contributed by atoms with Crippen molar-refractivity contribution in [1.82, 2.24) is 14.8 Å². The smallest absolute Gasteiger partial charge is 0.255 e. The zero-order valence-electron chi connectivity index (χ0n) is 11.9. The van der Waals surface area contributed by atoms with Crippen molar-refractivity contribution < 1.29 is 9.53 Å². The van der Waals surface area contributed by atoms with Crippen LogP contribution in [0.1, 0.15) is 23.2 Å². The monoisotopic (exact) mass is 281 g/mol. The second kappa shape index (κ2) is 5.36. The molecule has 0 amide bonds. The van der Waals surface area contributed by atoms with Crippen LogP contribution in [0.4, 0.5) is 0 Å². The van der Waals surface area contributed by atoms with E-state index in [-0.39, 0.29) is 11.8 Å². The Morgan fingerprint density at radius 2 is 1.95 bits per heavy atom. The fourth-order valence-electron chi connectivity index (χ4n) is 2.30. The van der Waals surface area contributed by atoms with Crippen LogP contribution in [0.2, 0.25) is 0 Å². The summed E-state index contributed by atoms with van der Waals surface area (Å²) >= 11 is 0. The van der Waals surface area contributed by atoms with E-state index >= 15 is 0 Å². The molecule has 0 unspecified atom stereocenters. The maximum absolute atomic E-state index is 12.3. The highest BCUT2D eigenvalue weighted by Crippen LogP contribution is 2.25. The second-order valence-corrected chi connectivity index (χ2v) is 4.87. The van der Waals surface area contributed by atoms with Crippen LogP contribution in [-0.2, 0) is 0 Å². The summed E-state index contributed by atoms with van der Waals surface area (Å²) in [7, 11) is 1.65. The quantitative estimate of drug-likeness (QED) is 0.740. The van der Waals surface area contributed by atoms with E-state index in [0.29, 0.717) is 0 Å². The molecular formula is C16H15N3O2. The van der Waals surface area contributed by atoms with Gasteiger partial charge in [-0.05, 0) is 35.4 Å². The number of methoxy groups -OCH3 is 1. The number of rotatable bonds is 3. The van der Waals surface area contributed by atoms with E-state index in [1.54, 1.807) is 7.11 Å². The van der Waals surface area contributed by atoms with Crippen molar-refractivity contribution in [2.45, 2.75) is 12.8 Å². The second-order valence-electron chi connectivity index (χ2n) is 4.87. The van der Waals surface area contributed by atoms with Crippen LogP contribution < -0.4 is 4.74 Å². The minimum absolute atomic E-state index is 0.0969. The Balaban J connectivity index is 1.95. The standard InChI is InChI=1S/C16H15N3O2/c1-11(16(20)19-10-17-9-18-19)12-3-4-14-8-15(21-2)6-5-13(14)7-12/h3-11H,1-2H3/t11-/m0/s1. The maximum Gasteiger partial charge on any atom is 0.255 e. The number of hydrogen-bond acceptors (Lipinski definition) is 4. The van der Waals surface area contributed by atoms with Crippen LogP contribution in [-0.4, -0.2) is 27.8 Å². The lowest BCUT2D eigenvalue weighted by atomic mass is 9.97. The van der Waals surface area contributed by atoms with Gasteiger partial charge in [-0.2, -0.15) is 9.78 Å². The lowest BCUT2D eigenvalue weighted by Gasteiger charge is -2.11. The van der Waals surface area contributed by atoms with E-state index < -0.39 is 0 Å². The van der Waals surface area contributed by atoms with Gasteiger partial charge in [0, 0.05) is 0 Å². The predicted molar refractivity (Wildman–Crippen MR) is 79.6 cm³/mol. The van der Waals surface area contributed by atoms with Gasteiger partial charge >= 0.3 is 0 Å². The first-order valence-corrected chi connectivity index (χ1v) is 6.65. The van der Waals surface area contributed by atoms with E-state index in [0.717, 1.165) is 22.1 Å². The Morgan fingerprint density at radius 3 is 2.67 bits per heavy atom. The number of carbonyl (C=O) groups excluding carboxylic acids is 1. The van der Waals surface area contributed by atoms with Gasteiger partial charge in [0.05, 0.1) is 13.0 Å². The van der Waals surface area contributed by atoms with Crippen molar-refractivity contribution in [1.29, 1.82) is 0 Å². The highest BCUT2D eigenvalue weighted by molar-refractivity contribution is 5.88. The van der Waals surface area contributed by atoms with Crippen molar-refractivity contribution >= 4 is 16.7 Å². The van der Waals surface area contributed by atoms with E-state index in [4.69, 9.17) is 4.74 Å². The van der Waals surface area contributed by atoms with Crippen LogP contribution in [0.3, 0.4) is 0 Å². The molecular weight excluding hydrogens is 266 g/mol. The van der Waals surface area contributed by atoms with E-state index in [1.165, 1.54) is 17.3 Å². The van der Waals surface area contributed by atoms with Crippen molar-refractivity contribution in [3.8, 4) is 5.75 Å². The van der Waals surface area contributed by atoms with Crippen LogP contribution in [0.25, 0.3) is 10.8 Å². The zero-order chi connectivity index (χ0) is 14.8. The topological polar surface area (TPSA) is 57.0 Å². The van der Waals surface area contributed by atoms with E-state index in [9.17, 15) is 4.79 Å². The average Bonchev–Trinajstić information content (AvgIpc) is 3.06. The molecule has 3 aromatic rings. The first kappa shape index (κ1) is 13.3. The Kier molecular flexibility index (Phi) is 3.39. The fourth-order valence-corrected chi connectivity index (χ4v) is 2.30. The largest absolute Gasteiger partial charge is 0.497 e. The van der Waals surface area contributed by atoms with Gasteiger partial charge in [0.1, 0.15) is 18.4 Å². The molecule has 5 nitrogen and oxygen atoms in total. The molecule has 0 radical (unpaired) electrons. The average molecular weight is 281 g/mol. The number of benzene rings is 2. The van der Waals surface area contributed by atoms with Gasteiger partial charge < -0.3 is 4.74 Å². The summed E-state index contributed by atoms with van der Waals surface area (Å²) < 4.78 is 6.48. The molecule has 0 spiro atoms. The molecule has 21 heavy (non-hydrogen) atoms. The Hall–Kier alpha value is -2.69. The number of aromatic nitrogens is 3. The summed E-state index contributed by atoms with van der Waals surface area (Å²) in [5.74, 6) is 0.445. The molecule has 5 heteroatoms. The Labute approximate surface area is 122 Å². The summed E-state index contributed by atoms with van der Waals surface area (Å²) in [6, 6.07) is 11.9. The van der Waals surface area contributed by atoms with Gasteiger partial charge in [-0.3, -0.25) is 4.79 Å². The van der Waals surface area contributed by atoms with Crippen LogP contribution in [0.15, 0.2) is 49.1 Å². The molecule has 1 atom stereocenters. The zero-order valence-corrected chi connectivity index (χ0v) is 11.9. The van der Waals surface area contributed by atoms with E-state index in [2.05, 4.69) is 10.1 Å². The number of nitrogens with zero attached hydrogens (tertiary/aromatic N) is 3. The van der Waals surface area contributed by atoms with Gasteiger partial charge in [-0.15, -0.1) is 0 Å². The highest BCUT2D eigenvalue weighted by Gasteiger charge is 2.18. The Morgan fingerprint density at radius 1 is 1.19 bits per heavy atom. The molecule has 0 saturated carbocycles. The number of hydrogen-bond donors (Lipinski definition) is 0. The maximum atomic E-state index is 12.3. The summed E-state index contributed by atoms with van der Waals surface area (Å²) in [6.07, 6.45) is 2.78. The summed E-state index contributed by atoms with van der Waals surface area (Å²) in [4.78, 5) is 16.1. The minimum atomic E-state index is -0.279. The molecule has 2 aromatic carbocycles. The molecule has 106 valence electrons. The van der Waals surface area contributed by atoms with Gasteiger partial charge in [-0.25, -0.2) is 4.98 Å². The van der Waals surface area contributed by atoms with Crippen molar-refractivity contribution in [3.05, 3.63) is 54.6 Å². The Bertz CT molecular complexity index is 781. The van der Waals surface area contributed by atoms with Crippen LogP contribution in [0, 0.1) is 0 Å². The number of fused-ring (bicyclic) bond motifs is 1. The first-order valence-electron chi connectivity index (χ1n) is 6.65. The van der Waals surface area contributed by atoms with Gasteiger partial charge in [0.2, 0.25) is 0 Å². The van der Waals surface area contributed by atoms with Gasteiger partial charge in [-0.1, -0.05) is 24.3 Å². The summed E-state index contributed by atoms with van der Waals surface area (Å²) in [5, 5.41) is 6.04. The van der Waals surface area contributed by atoms with E-state index in [1.807, 2.05) is 43.3 Å². The van der Waals surface area contributed by atoms with Gasteiger partial charge in [0.15, 0.2) is 0 Å². The van der Waals surface area contributed by atoms with Gasteiger partial charge in [0.25, 0.3) is 5.91 Å². The van der Waals surface area contributed by atoms with Crippen LogP contribution in [0.5, 0.6) is 5.75 Å². The van der Waals surface area contributed by atoms with Crippen molar-refractivity contribution in [2.75, 3.05) is 7.11 Å². The third-order valence-corrected chi connectivity index (χ3v) is 3.59. The molecule has 0 aliphatic heterocycles. The molecule has 0 N–H and O–H groups in total. The van der Waals surface area contributed by atoms with Crippen molar-refractivity contribution in [3.63, 3.8) is 0 Å². The fraction of sp³-hybridized carbons (Fsp3) is 0.188. The molecule has 1 heterocycles. The highest BCUT2D eigenvalue weighted by atomic mass is 16.5. The molecule has 0 bridgehead atoms. The lowest BCUT2D eigenvalue weighted by molar-refractivity contribution is 0.0868. The molecule has 0 aliphatic rings. The molecule has 0 aliphatic carbocycles. The molecule has 0 saturated heterocycles.